The molecule has 30 heavy (non-hydrogen) atoms. The average molecular weight is 449 g/mol. The molecule has 1 aliphatic rings. The van der Waals surface area contributed by atoms with Crippen molar-refractivity contribution in [3.63, 3.8) is 0 Å². The van der Waals surface area contributed by atoms with Crippen LogP contribution in [0.3, 0.4) is 0 Å². The lowest BCUT2D eigenvalue weighted by Gasteiger charge is -2.25. The van der Waals surface area contributed by atoms with Crippen molar-refractivity contribution in [2.75, 3.05) is 13.1 Å². The van der Waals surface area contributed by atoms with Gasteiger partial charge in [0.1, 0.15) is 12.1 Å². The van der Waals surface area contributed by atoms with Gasteiger partial charge >= 0.3 is 12.1 Å². The van der Waals surface area contributed by atoms with Gasteiger partial charge in [-0.15, -0.1) is 11.3 Å². The molecule has 0 bridgehead atoms. The van der Waals surface area contributed by atoms with Gasteiger partial charge in [-0.05, 0) is 42.0 Å². The minimum Gasteiger partial charge on any atom is -0.337 e. The fourth-order valence-electron chi connectivity index (χ4n) is 3.25. The monoisotopic (exact) mass is 448 g/mol. The normalized spacial score (nSPS) is 18.3. The van der Waals surface area contributed by atoms with E-state index >= 15 is 0 Å². The van der Waals surface area contributed by atoms with Gasteiger partial charge in [0.15, 0.2) is 0 Å². The Hall–Kier alpha value is -2.91. The highest BCUT2D eigenvalue weighted by atomic mass is 35.5. The van der Waals surface area contributed by atoms with Crippen LogP contribution in [0.4, 0.5) is 9.59 Å². The number of thiophene rings is 1. The molecular weight excluding hydrogens is 428 g/mol. The molecule has 2 heterocycles. The summed E-state index contributed by atoms with van der Waals surface area (Å²) in [6, 6.07) is 9.08. The van der Waals surface area contributed by atoms with E-state index in [4.69, 9.17) is 11.6 Å². The topological polar surface area (TPSA) is 108 Å². The fourth-order valence-corrected chi connectivity index (χ4v) is 4.09. The number of benzene rings is 1. The smallest absolute Gasteiger partial charge is 0.325 e. The maximum absolute atomic E-state index is 13.0. The van der Waals surface area contributed by atoms with Gasteiger partial charge in [-0.1, -0.05) is 36.7 Å². The molecule has 3 rings (SSSR count). The molecule has 1 fully saturated rings. The second-order valence-corrected chi connectivity index (χ2v) is 8.19. The van der Waals surface area contributed by atoms with Crippen LogP contribution in [0, 0.1) is 0 Å². The summed E-state index contributed by atoms with van der Waals surface area (Å²) in [5.74, 6) is -1.30. The third kappa shape index (κ3) is 4.63. The number of carbonyl (C=O) groups is 4. The van der Waals surface area contributed by atoms with E-state index < -0.39 is 36.0 Å². The quantitative estimate of drug-likeness (QED) is 0.566. The number of nitrogens with one attached hydrogen (secondary N) is 3. The molecule has 158 valence electrons. The molecule has 0 aliphatic carbocycles. The van der Waals surface area contributed by atoms with Crippen LogP contribution in [-0.2, 0) is 21.5 Å². The number of rotatable bonds is 7. The number of carbonyl (C=O) groups excluding carboxylic acids is 4. The molecule has 1 aromatic heterocycles. The number of amides is 6. The number of urea groups is 2. The van der Waals surface area contributed by atoms with Crippen LogP contribution in [0.5, 0.6) is 0 Å². The minimum absolute atomic E-state index is 0.292. The largest absolute Gasteiger partial charge is 0.337 e. The van der Waals surface area contributed by atoms with Crippen LogP contribution in [0.15, 0.2) is 41.8 Å². The molecule has 6 amide bonds. The first-order chi connectivity index (χ1) is 14.4. The molecule has 1 unspecified atom stereocenters. The molecule has 3 N–H and O–H groups in total. The Bertz CT molecular complexity index is 948. The Morgan fingerprint density at radius 1 is 1.20 bits per heavy atom. The van der Waals surface area contributed by atoms with Crippen LogP contribution in [0.25, 0.3) is 0 Å². The van der Waals surface area contributed by atoms with Gasteiger partial charge in [0, 0.05) is 16.4 Å². The second kappa shape index (κ2) is 9.27. The van der Waals surface area contributed by atoms with Gasteiger partial charge in [-0.3, -0.25) is 19.8 Å². The number of imide groups is 2. The molecule has 1 aromatic carbocycles. The van der Waals surface area contributed by atoms with Crippen LogP contribution in [0.2, 0.25) is 5.02 Å². The van der Waals surface area contributed by atoms with Gasteiger partial charge in [0.2, 0.25) is 5.91 Å². The van der Waals surface area contributed by atoms with Crippen molar-refractivity contribution in [3.05, 3.63) is 57.2 Å². The predicted molar refractivity (Wildman–Crippen MR) is 113 cm³/mol. The molecular formula is C20H21ClN4O4S. The third-order valence-electron chi connectivity index (χ3n) is 4.83. The van der Waals surface area contributed by atoms with Crippen LogP contribution in [-0.4, -0.2) is 41.9 Å². The summed E-state index contributed by atoms with van der Waals surface area (Å²) in [7, 11) is 0. The van der Waals surface area contributed by atoms with Crippen LogP contribution in [0.1, 0.15) is 23.8 Å². The van der Waals surface area contributed by atoms with E-state index in [-0.39, 0.29) is 0 Å². The molecule has 1 saturated heterocycles. The first-order valence-corrected chi connectivity index (χ1v) is 10.6. The van der Waals surface area contributed by atoms with Crippen molar-refractivity contribution >= 4 is 46.8 Å². The Kier molecular flexibility index (Phi) is 6.73. The number of nitrogens with zero attached hydrogens (tertiary/aromatic N) is 1. The van der Waals surface area contributed by atoms with Crippen LogP contribution >= 0.6 is 22.9 Å². The highest BCUT2D eigenvalue weighted by molar-refractivity contribution is 7.09. The highest BCUT2D eigenvalue weighted by Gasteiger charge is 2.51. The second-order valence-electron chi connectivity index (χ2n) is 6.72. The zero-order valence-corrected chi connectivity index (χ0v) is 17.8. The van der Waals surface area contributed by atoms with E-state index in [1.807, 2.05) is 17.5 Å². The lowest BCUT2D eigenvalue weighted by atomic mass is 9.87. The van der Waals surface area contributed by atoms with E-state index in [2.05, 4.69) is 16.0 Å². The summed E-state index contributed by atoms with van der Waals surface area (Å²) >= 11 is 7.49. The fraction of sp³-hybridized carbons (Fsp3) is 0.300. The number of hydrogen-bond acceptors (Lipinski definition) is 5. The molecule has 1 atom stereocenters. The SMILES string of the molecule is CCC1(c2ccc(Cl)cc2)NC(=O)N(CC(=O)NC(=O)NCCc2cccs2)C1=O. The van der Waals surface area contributed by atoms with Gasteiger partial charge in [-0.2, -0.15) is 0 Å². The van der Waals surface area contributed by atoms with Crippen molar-refractivity contribution in [1.82, 2.24) is 20.9 Å². The summed E-state index contributed by atoms with van der Waals surface area (Å²) in [5.41, 5.74) is -0.702. The first-order valence-electron chi connectivity index (χ1n) is 9.36. The molecule has 0 spiro atoms. The van der Waals surface area contributed by atoms with Crippen molar-refractivity contribution in [1.29, 1.82) is 0 Å². The Morgan fingerprint density at radius 3 is 2.57 bits per heavy atom. The minimum atomic E-state index is -1.27. The molecule has 8 nitrogen and oxygen atoms in total. The van der Waals surface area contributed by atoms with Gasteiger partial charge in [-0.25, -0.2) is 9.59 Å². The number of halogens is 1. The summed E-state index contributed by atoms with van der Waals surface area (Å²) in [6.07, 6.45) is 0.937. The lowest BCUT2D eigenvalue weighted by molar-refractivity contribution is -0.135. The van der Waals surface area contributed by atoms with Crippen molar-refractivity contribution in [2.45, 2.75) is 25.3 Å². The maximum atomic E-state index is 13.0. The van der Waals surface area contributed by atoms with Gasteiger partial charge in [0.05, 0.1) is 0 Å². The summed E-state index contributed by atoms with van der Waals surface area (Å²) in [6.45, 7) is 1.56. The highest BCUT2D eigenvalue weighted by Crippen LogP contribution is 2.32. The number of hydrogen-bond donors (Lipinski definition) is 3. The van der Waals surface area contributed by atoms with E-state index in [1.54, 1.807) is 42.5 Å². The van der Waals surface area contributed by atoms with Gasteiger partial charge in [0.25, 0.3) is 5.91 Å². The van der Waals surface area contributed by atoms with E-state index in [0.29, 0.717) is 30.0 Å². The Balaban J connectivity index is 1.58. The predicted octanol–water partition coefficient (Wildman–Crippen LogP) is 2.63. The standard InChI is InChI=1S/C20H21ClN4O4S/c1-2-20(13-5-7-14(21)8-6-13)17(27)25(19(29)24-20)12-16(26)23-18(28)22-10-9-15-4-3-11-30-15/h3-8,11H,2,9-10,12H2,1H3,(H,24,29)(H2,22,23,26,28). The summed E-state index contributed by atoms with van der Waals surface area (Å²) in [4.78, 5) is 51.5. The molecule has 1 aliphatic heterocycles. The third-order valence-corrected chi connectivity index (χ3v) is 6.02. The summed E-state index contributed by atoms with van der Waals surface area (Å²) < 4.78 is 0. The first kappa shape index (κ1) is 21.8. The van der Waals surface area contributed by atoms with Crippen molar-refractivity contribution < 1.29 is 19.2 Å². The van der Waals surface area contributed by atoms with Gasteiger partial charge < -0.3 is 10.6 Å². The molecule has 10 heteroatoms. The zero-order valence-electron chi connectivity index (χ0n) is 16.2. The maximum Gasteiger partial charge on any atom is 0.325 e. The summed E-state index contributed by atoms with van der Waals surface area (Å²) in [5, 5.41) is 9.84. The Labute approximate surface area is 182 Å². The van der Waals surface area contributed by atoms with E-state index in [1.165, 1.54) is 0 Å². The molecule has 2 aromatic rings. The lowest BCUT2D eigenvalue weighted by Crippen LogP contribution is -2.47. The average Bonchev–Trinajstić information content (AvgIpc) is 3.31. The Morgan fingerprint density at radius 2 is 1.93 bits per heavy atom. The zero-order chi connectivity index (χ0) is 21.7. The van der Waals surface area contributed by atoms with Crippen LogP contribution < -0.4 is 16.0 Å². The van der Waals surface area contributed by atoms with E-state index in [0.717, 1.165) is 9.78 Å². The molecule has 0 radical (unpaired) electrons. The van der Waals surface area contributed by atoms with E-state index in [9.17, 15) is 19.2 Å². The van der Waals surface area contributed by atoms with Crippen molar-refractivity contribution in [2.24, 2.45) is 0 Å². The molecule has 0 saturated carbocycles. The van der Waals surface area contributed by atoms with Crippen molar-refractivity contribution in [3.8, 4) is 0 Å².